The summed E-state index contributed by atoms with van der Waals surface area (Å²) >= 11 is 0. The lowest BCUT2D eigenvalue weighted by Crippen LogP contribution is -2.48. The number of nitrogens with zero attached hydrogens (tertiary/aromatic N) is 3. The molecule has 2 aromatic rings. The van der Waals surface area contributed by atoms with E-state index in [0.717, 1.165) is 42.3 Å². The number of nitrogens with one attached hydrogen (secondary N) is 2. The number of carbonyl (C=O) groups excluding carboxylic acids is 1. The molecule has 4 rings (SSSR count). The molecule has 1 atom stereocenters. The third kappa shape index (κ3) is 3.57. The molecule has 1 aromatic carbocycles. The van der Waals surface area contributed by atoms with Gasteiger partial charge in [-0.15, -0.1) is 10.2 Å². The zero-order chi connectivity index (χ0) is 17.1. The Morgan fingerprint density at radius 3 is 3.12 bits per heavy atom. The van der Waals surface area contributed by atoms with E-state index in [2.05, 4.69) is 25.4 Å². The van der Waals surface area contributed by atoms with Crippen LogP contribution in [0, 0.1) is 0 Å². The molecular weight excluding hydrogens is 318 g/mol. The van der Waals surface area contributed by atoms with Crippen LogP contribution >= 0.6 is 0 Å². The Hall–Kier alpha value is -2.25. The molecular formula is C18H23N5O2. The molecule has 1 fully saturated rings. The van der Waals surface area contributed by atoms with Gasteiger partial charge in [0.05, 0.1) is 13.2 Å². The van der Waals surface area contributed by atoms with Crippen LogP contribution < -0.4 is 10.6 Å². The molecule has 0 bridgehead atoms. The van der Waals surface area contributed by atoms with Crippen molar-refractivity contribution < 1.29 is 9.53 Å². The molecule has 2 aliphatic heterocycles. The van der Waals surface area contributed by atoms with Gasteiger partial charge < -0.3 is 19.9 Å². The van der Waals surface area contributed by atoms with Crippen molar-refractivity contribution in [3.63, 3.8) is 0 Å². The zero-order valence-electron chi connectivity index (χ0n) is 14.2. The molecule has 1 unspecified atom stereocenters. The van der Waals surface area contributed by atoms with Gasteiger partial charge in [-0.3, -0.25) is 4.79 Å². The maximum atomic E-state index is 12.4. The first-order valence-corrected chi connectivity index (χ1v) is 8.96. The summed E-state index contributed by atoms with van der Waals surface area (Å²) in [6, 6.07) is 7.50. The first-order valence-electron chi connectivity index (χ1n) is 8.96. The van der Waals surface area contributed by atoms with Gasteiger partial charge in [0.1, 0.15) is 11.9 Å². The van der Waals surface area contributed by atoms with E-state index in [9.17, 15) is 4.79 Å². The van der Waals surface area contributed by atoms with Crippen LogP contribution in [0.4, 0.5) is 5.69 Å². The van der Waals surface area contributed by atoms with Gasteiger partial charge in [0, 0.05) is 30.8 Å². The predicted molar refractivity (Wildman–Crippen MR) is 94.3 cm³/mol. The second kappa shape index (κ2) is 7.33. The first kappa shape index (κ1) is 16.2. The van der Waals surface area contributed by atoms with Crippen molar-refractivity contribution in [1.82, 2.24) is 20.1 Å². The van der Waals surface area contributed by atoms with Crippen LogP contribution in [0.25, 0.3) is 11.4 Å². The monoisotopic (exact) mass is 341 g/mol. The maximum Gasteiger partial charge on any atom is 0.243 e. The SMILES string of the molecule is O=C(Nc1cccc(-c2nnc3n2CCCCC3)c1)C1COCCN1. The molecule has 132 valence electrons. The molecule has 7 heteroatoms. The molecule has 0 radical (unpaired) electrons. The highest BCUT2D eigenvalue weighted by Gasteiger charge is 2.21. The second-order valence-electron chi connectivity index (χ2n) is 6.55. The number of ether oxygens (including phenoxy) is 1. The second-order valence-corrected chi connectivity index (χ2v) is 6.55. The molecule has 25 heavy (non-hydrogen) atoms. The summed E-state index contributed by atoms with van der Waals surface area (Å²) in [7, 11) is 0. The normalized spacial score (nSPS) is 20.6. The quantitative estimate of drug-likeness (QED) is 0.886. The smallest absolute Gasteiger partial charge is 0.243 e. The highest BCUT2D eigenvalue weighted by atomic mass is 16.5. The predicted octanol–water partition coefficient (Wildman–Crippen LogP) is 1.60. The van der Waals surface area contributed by atoms with Gasteiger partial charge in [0.25, 0.3) is 0 Å². The van der Waals surface area contributed by atoms with Crippen molar-refractivity contribution in [2.24, 2.45) is 0 Å². The third-order valence-electron chi connectivity index (χ3n) is 4.74. The average molecular weight is 341 g/mol. The van der Waals surface area contributed by atoms with Crippen LogP contribution in [-0.2, 0) is 22.5 Å². The number of hydrogen-bond donors (Lipinski definition) is 2. The Morgan fingerprint density at radius 1 is 1.28 bits per heavy atom. The van der Waals surface area contributed by atoms with Crippen LogP contribution in [-0.4, -0.2) is 46.5 Å². The number of carbonyl (C=O) groups is 1. The highest BCUT2D eigenvalue weighted by molar-refractivity contribution is 5.95. The van der Waals surface area contributed by atoms with Crippen LogP contribution in [0.15, 0.2) is 24.3 Å². The third-order valence-corrected chi connectivity index (χ3v) is 4.74. The zero-order valence-corrected chi connectivity index (χ0v) is 14.2. The summed E-state index contributed by atoms with van der Waals surface area (Å²) in [5.74, 6) is 1.87. The van der Waals surface area contributed by atoms with Gasteiger partial charge in [-0.05, 0) is 25.0 Å². The molecule has 0 saturated carbocycles. The lowest BCUT2D eigenvalue weighted by molar-refractivity contribution is -0.120. The molecule has 3 heterocycles. The van der Waals surface area contributed by atoms with Crippen LogP contribution in [0.5, 0.6) is 0 Å². The molecule has 1 aromatic heterocycles. The number of rotatable bonds is 3. The van der Waals surface area contributed by atoms with E-state index < -0.39 is 0 Å². The Labute approximate surface area is 146 Å². The van der Waals surface area contributed by atoms with E-state index in [-0.39, 0.29) is 11.9 Å². The van der Waals surface area contributed by atoms with E-state index in [1.807, 2.05) is 24.3 Å². The molecule has 2 N–H and O–H groups in total. The first-order chi connectivity index (χ1) is 12.3. The number of morpholine rings is 1. The summed E-state index contributed by atoms with van der Waals surface area (Å²) in [6.07, 6.45) is 4.54. The van der Waals surface area contributed by atoms with Gasteiger partial charge in [0.2, 0.25) is 5.91 Å². The average Bonchev–Trinajstić information content (AvgIpc) is 2.91. The maximum absolute atomic E-state index is 12.4. The fourth-order valence-corrected chi connectivity index (χ4v) is 3.40. The van der Waals surface area contributed by atoms with Crippen LogP contribution in [0.1, 0.15) is 25.1 Å². The Balaban J connectivity index is 1.53. The Morgan fingerprint density at radius 2 is 2.24 bits per heavy atom. The van der Waals surface area contributed by atoms with E-state index in [1.54, 1.807) is 0 Å². The van der Waals surface area contributed by atoms with Gasteiger partial charge >= 0.3 is 0 Å². The summed E-state index contributed by atoms with van der Waals surface area (Å²) in [5, 5.41) is 14.9. The van der Waals surface area contributed by atoms with Gasteiger partial charge in [-0.25, -0.2) is 0 Å². The molecule has 2 aliphatic rings. The lowest BCUT2D eigenvalue weighted by Gasteiger charge is -2.23. The Kier molecular flexibility index (Phi) is 4.76. The van der Waals surface area contributed by atoms with Crippen LogP contribution in [0.3, 0.4) is 0 Å². The van der Waals surface area contributed by atoms with Gasteiger partial charge in [0.15, 0.2) is 5.82 Å². The molecule has 0 aliphatic carbocycles. The fourth-order valence-electron chi connectivity index (χ4n) is 3.40. The Bertz CT molecular complexity index is 752. The minimum absolute atomic E-state index is 0.0723. The van der Waals surface area contributed by atoms with Crippen molar-refractivity contribution in [1.29, 1.82) is 0 Å². The summed E-state index contributed by atoms with van der Waals surface area (Å²) in [4.78, 5) is 12.4. The number of aromatic nitrogens is 3. The van der Waals surface area contributed by atoms with E-state index in [4.69, 9.17) is 4.74 Å². The van der Waals surface area contributed by atoms with Gasteiger partial charge in [-0.2, -0.15) is 0 Å². The van der Waals surface area contributed by atoms with Crippen molar-refractivity contribution in [3.05, 3.63) is 30.1 Å². The van der Waals surface area contributed by atoms with E-state index in [1.165, 1.54) is 12.8 Å². The summed E-state index contributed by atoms with van der Waals surface area (Å²) in [6.45, 7) is 2.71. The number of benzene rings is 1. The van der Waals surface area contributed by atoms with Crippen molar-refractivity contribution >= 4 is 11.6 Å². The minimum Gasteiger partial charge on any atom is -0.378 e. The van der Waals surface area contributed by atoms with Crippen molar-refractivity contribution in [2.45, 2.75) is 38.3 Å². The number of aryl methyl sites for hydroxylation is 1. The molecule has 0 spiro atoms. The topological polar surface area (TPSA) is 81.1 Å². The molecule has 1 amide bonds. The van der Waals surface area contributed by atoms with Crippen LogP contribution in [0.2, 0.25) is 0 Å². The van der Waals surface area contributed by atoms with E-state index in [0.29, 0.717) is 19.8 Å². The van der Waals surface area contributed by atoms with Crippen molar-refractivity contribution in [2.75, 3.05) is 25.1 Å². The van der Waals surface area contributed by atoms with Gasteiger partial charge in [-0.1, -0.05) is 18.6 Å². The summed E-state index contributed by atoms with van der Waals surface area (Å²) in [5.41, 5.74) is 1.74. The fraction of sp³-hybridized carbons (Fsp3) is 0.500. The van der Waals surface area contributed by atoms with Crippen molar-refractivity contribution in [3.8, 4) is 11.4 Å². The van der Waals surface area contributed by atoms with E-state index >= 15 is 0 Å². The number of fused-ring (bicyclic) bond motifs is 1. The number of anilines is 1. The summed E-state index contributed by atoms with van der Waals surface area (Å²) < 4.78 is 7.57. The highest BCUT2D eigenvalue weighted by Crippen LogP contribution is 2.25. The molecule has 1 saturated heterocycles. The number of amides is 1. The standard InChI is InChI=1S/C18H23N5O2/c24-18(15-12-25-10-8-19-15)20-14-6-4-5-13(11-14)17-22-21-16-7-2-1-3-9-23(16)17/h4-6,11,15,19H,1-3,7-10,12H2,(H,20,24). The lowest BCUT2D eigenvalue weighted by atomic mass is 10.1. The molecule has 7 nitrogen and oxygen atoms in total. The minimum atomic E-state index is -0.304. The largest absolute Gasteiger partial charge is 0.378 e. The number of hydrogen-bond acceptors (Lipinski definition) is 5.